The first kappa shape index (κ1) is 15.1. The normalized spacial score (nSPS) is 13.1. The third kappa shape index (κ3) is 5.61. The van der Waals surface area contributed by atoms with Crippen LogP contribution >= 0.6 is 22.7 Å². The van der Waals surface area contributed by atoms with Crippen LogP contribution < -0.4 is 0 Å². The molecule has 0 saturated heterocycles. The molecule has 18 heavy (non-hydrogen) atoms. The molecule has 2 heterocycles. The lowest BCUT2D eigenvalue weighted by Gasteiger charge is -1.92. The van der Waals surface area contributed by atoms with Crippen molar-refractivity contribution in [1.29, 1.82) is 0 Å². The number of hydrogen-bond donors (Lipinski definition) is 0. The average Bonchev–Trinajstić information content (AvgIpc) is 2.89. The fraction of sp³-hybridized carbons (Fsp3) is 0.400. The molecule has 0 spiro atoms. The van der Waals surface area contributed by atoms with Gasteiger partial charge in [-0.3, -0.25) is 4.79 Å². The van der Waals surface area contributed by atoms with E-state index < -0.39 is 0 Å². The van der Waals surface area contributed by atoms with Gasteiger partial charge in [-0.2, -0.15) is 11.3 Å². The van der Waals surface area contributed by atoms with Crippen molar-refractivity contribution in [2.45, 2.75) is 33.1 Å². The minimum atomic E-state index is 0. The van der Waals surface area contributed by atoms with Gasteiger partial charge in [0.15, 0.2) is 6.29 Å². The van der Waals surface area contributed by atoms with E-state index >= 15 is 0 Å². The van der Waals surface area contributed by atoms with Crippen LogP contribution in [-0.2, 0) is 6.42 Å². The molecule has 2 aromatic heterocycles. The maximum Gasteiger partial charge on any atom is 0.160 e. The minimum Gasteiger partial charge on any atom is -0.297 e. The molecule has 0 bridgehead atoms. The van der Waals surface area contributed by atoms with E-state index in [4.69, 9.17) is 0 Å². The van der Waals surface area contributed by atoms with Crippen LogP contribution in [0.15, 0.2) is 35.0 Å². The van der Waals surface area contributed by atoms with Crippen LogP contribution in [0.25, 0.3) is 0 Å². The Hall–Kier alpha value is -0.930. The number of hydrogen-bond acceptors (Lipinski definition) is 3. The molecule has 1 nitrogen and oxygen atoms in total. The molecule has 0 radical (unpaired) electrons. The Morgan fingerprint density at radius 3 is 2.39 bits per heavy atom. The van der Waals surface area contributed by atoms with Crippen molar-refractivity contribution in [3.05, 3.63) is 44.8 Å². The van der Waals surface area contributed by atoms with Crippen LogP contribution in [-0.4, -0.2) is 6.29 Å². The van der Waals surface area contributed by atoms with Gasteiger partial charge in [-0.25, -0.2) is 0 Å². The van der Waals surface area contributed by atoms with Crippen molar-refractivity contribution >= 4 is 29.0 Å². The van der Waals surface area contributed by atoms with E-state index in [0.29, 0.717) is 0 Å². The molecule has 3 heteroatoms. The molecule has 1 aliphatic carbocycles. The van der Waals surface area contributed by atoms with E-state index in [-0.39, 0.29) is 7.43 Å². The summed E-state index contributed by atoms with van der Waals surface area (Å²) in [6.07, 6.45) is 6.27. The van der Waals surface area contributed by atoms with E-state index in [2.05, 4.69) is 6.07 Å². The first-order valence-corrected chi connectivity index (χ1v) is 7.65. The average molecular weight is 280 g/mol. The van der Waals surface area contributed by atoms with Gasteiger partial charge >= 0.3 is 0 Å². The summed E-state index contributed by atoms with van der Waals surface area (Å²) in [4.78, 5) is 12.6. The minimum absolute atomic E-state index is 0. The van der Waals surface area contributed by atoms with Gasteiger partial charge in [0.1, 0.15) is 0 Å². The Morgan fingerprint density at radius 2 is 1.94 bits per heavy atom. The zero-order valence-electron chi connectivity index (χ0n) is 9.67. The SMILES string of the molecule is C.O=Cc1ccc(CCC2CC2)s1.c1ccsc1. The summed E-state index contributed by atoms with van der Waals surface area (Å²) in [5.41, 5.74) is 0. The van der Waals surface area contributed by atoms with E-state index in [0.717, 1.165) is 17.1 Å². The Kier molecular flexibility index (Phi) is 6.91. The summed E-state index contributed by atoms with van der Waals surface area (Å²) in [5, 5.41) is 4.08. The predicted molar refractivity (Wildman–Crippen MR) is 81.8 cm³/mol. The fourth-order valence-electron chi connectivity index (χ4n) is 1.57. The van der Waals surface area contributed by atoms with Crippen molar-refractivity contribution in [3.8, 4) is 0 Å². The molecule has 0 N–H and O–H groups in total. The lowest BCUT2D eigenvalue weighted by Crippen LogP contribution is -1.80. The highest BCUT2D eigenvalue weighted by molar-refractivity contribution is 7.13. The van der Waals surface area contributed by atoms with E-state index in [9.17, 15) is 4.79 Å². The first-order valence-electron chi connectivity index (χ1n) is 5.89. The van der Waals surface area contributed by atoms with Gasteiger partial charge in [0.25, 0.3) is 0 Å². The Labute approximate surface area is 117 Å². The molecule has 0 unspecified atom stereocenters. The van der Waals surface area contributed by atoms with Crippen LogP contribution in [0.3, 0.4) is 0 Å². The van der Waals surface area contributed by atoms with Gasteiger partial charge in [0.2, 0.25) is 0 Å². The van der Waals surface area contributed by atoms with Crippen molar-refractivity contribution in [3.63, 3.8) is 0 Å². The molecule has 3 rings (SSSR count). The van der Waals surface area contributed by atoms with Gasteiger partial charge in [0, 0.05) is 4.88 Å². The van der Waals surface area contributed by atoms with Gasteiger partial charge in [-0.15, -0.1) is 11.3 Å². The number of aldehydes is 1. The van der Waals surface area contributed by atoms with Crippen LogP contribution in [0.4, 0.5) is 0 Å². The lowest BCUT2D eigenvalue weighted by molar-refractivity contribution is 0.112. The van der Waals surface area contributed by atoms with Gasteiger partial charge < -0.3 is 0 Å². The molecule has 2 aromatic rings. The van der Waals surface area contributed by atoms with Gasteiger partial charge in [-0.1, -0.05) is 32.4 Å². The second-order valence-corrected chi connectivity index (χ2v) is 6.21. The van der Waals surface area contributed by atoms with Crippen molar-refractivity contribution in [1.82, 2.24) is 0 Å². The highest BCUT2D eigenvalue weighted by Gasteiger charge is 2.20. The summed E-state index contributed by atoms with van der Waals surface area (Å²) in [7, 11) is 0. The van der Waals surface area contributed by atoms with Crippen LogP contribution in [0.2, 0.25) is 0 Å². The maximum absolute atomic E-state index is 10.4. The Morgan fingerprint density at radius 1 is 1.22 bits per heavy atom. The molecular formula is C15H20OS2. The quantitative estimate of drug-likeness (QED) is 0.696. The van der Waals surface area contributed by atoms with Gasteiger partial charge in [-0.05, 0) is 41.7 Å². The lowest BCUT2D eigenvalue weighted by atomic mass is 10.2. The monoisotopic (exact) mass is 280 g/mol. The molecule has 1 aliphatic rings. The summed E-state index contributed by atoms with van der Waals surface area (Å²) in [6.45, 7) is 0. The van der Waals surface area contributed by atoms with E-state index in [1.54, 1.807) is 22.7 Å². The topological polar surface area (TPSA) is 17.1 Å². The Bertz CT molecular complexity index is 410. The van der Waals surface area contributed by atoms with Crippen molar-refractivity contribution in [2.24, 2.45) is 5.92 Å². The van der Waals surface area contributed by atoms with Crippen LogP contribution in [0, 0.1) is 5.92 Å². The standard InChI is InChI=1S/C10H12OS.C4H4S.CH4/c11-7-10-6-5-9(12-10)4-3-8-1-2-8;1-2-4-5-3-1;/h5-8H,1-4H2;1-4H;1H4. The first-order chi connectivity index (χ1) is 8.38. The molecular weight excluding hydrogens is 260 g/mol. The number of thiophene rings is 2. The Balaban J connectivity index is 0.000000230. The molecule has 1 saturated carbocycles. The van der Waals surface area contributed by atoms with Gasteiger partial charge in [0.05, 0.1) is 4.88 Å². The summed E-state index contributed by atoms with van der Waals surface area (Å²) >= 11 is 3.35. The summed E-state index contributed by atoms with van der Waals surface area (Å²) in [5.74, 6) is 0.992. The van der Waals surface area contributed by atoms with Crippen LogP contribution in [0.1, 0.15) is 41.2 Å². The zero-order chi connectivity index (χ0) is 11.9. The van der Waals surface area contributed by atoms with Crippen LogP contribution in [0.5, 0.6) is 0 Å². The second kappa shape index (κ2) is 8.22. The third-order valence-corrected chi connectivity index (χ3v) is 4.42. The highest BCUT2D eigenvalue weighted by Crippen LogP contribution is 2.34. The predicted octanol–water partition coefficient (Wildman–Crippen LogP) is 5.29. The largest absolute Gasteiger partial charge is 0.297 e. The number of aryl methyl sites for hydroxylation is 1. The highest BCUT2D eigenvalue weighted by atomic mass is 32.1. The summed E-state index contributed by atoms with van der Waals surface area (Å²) < 4.78 is 0. The molecule has 0 atom stereocenters. The van der Waals surface area contributed by atoms with E-state index in [1.165, 1.54) is 30.6 Å². The fourth-order valence-corrected chi connectivity index (χ4v) is 2.87. The molecule has 0 aliphatic heterocycles. The number of carbonyl (C=O) groups excluding carboxylic acids is 1. The van der Waals surface area contributed by atoms with E-state index in [1.807, 2.05) is 29.0 Å². The smallest absolute Gasteiger partial charge is 0.160 e. The third-order valence-electron chi connectivity index (χ3n) is 2.72. The summed E-state index contributed by atoms with van der Waals surface area (Å²) in [6, 6.07) is 8.03. The maximum atomic E-state index is 10.4. The second-order valence-electron chi connectivity index (χ2n) is 4.20. The zero-order valence-corrected chi connectivity index (χ0v) is 11.3. The molecule has 98 valence electrons. The molecule has 0 aromatic carbocycles. The number of rotatable bonds is 4. The number of carbonyl (C=O) groups is 1. The molecule has 1 fully saturated rings. The van der Waals surface area contributed by atoms with Crippen molar-refractivity contribution < 1.29 is 4.79 Å². The molecule has 0 amide bonds. The van der Waals surface area contributed by atoms with Crippen molar-refractivity contribution in [2.75, 3.05) is 0 Å².